The Morgan fingerprint density at radius 1 is 1.17 bits per heavy atom. The summed E-state index contributed by atoms with van der Waals surface area (Å²) in [6.45, 7) is 4.55. The van der Waals surface area contributed by atoms with Gasteiger partial charge in [-0.25, -0.2) is 4.98 Å². The molecule has 0 saturated carbocycles. The minimum absolute atomic E-state index is 0.103. The van der Waals surface area contributed by atoms with Crippen molar-refractivity contribution in [2.24, 2.45) is 0 Å². The van der Waals surface area contributed by atoms with Gasteiger partial charge in [-0.1, -0.05) is 12.1 Å². The highest BCUT2D eigenvalue weighted by molar-refractivity contribution is 5.94. The van der Waals surface area contributed by atoms with Gasteiger partial charge in [0.2, 0.25) is 0 Å². The number of imidazole rings is 1. The topological polar surface area (TPSA) is 50.2 Å². The molecule has 0 bridgehead atoms. The summed E-state index contributed by atoms with van der Waals surface area (Å²) < 4.78 is 2.04. The van der Waals surface area contributed by atoms with Crippen molar-refractivity contribution in [3.05, 3.63) is 60.4 Å². The molecule has 1 aliphatic rings. The van der Waals surface area contributed by atoms with Gasteiger partial charge in [-0.3, -0.25) is 9.36 Å². The number of hydrogen-bond donors (Lipinski definition) is 1. The monoisotopic (exact) mass is 320 g/mol. The Kier molecular flexibility index (Phi) is 3.78. The van der Waals surface area contributed by atoms with Crippen molar-refractivity contribution < 1.29 is 4.79 Å². The van der Waals surface area contributed by atoms with Gasteiger partial charge in [-0.2, -0.15) is 0 Å². The third kappa shape index (κ3) is 2.57. The Balaban J connectivity index is 1.62. The fourth-order valence-corrected chi connectivity index (χ4v) is 3.24. The van der Waals surface area contributed by atoms with Crippen molar-refractivity contribution in [1.29, 1.82) is 0 Å². The van der Waals surface area contributed by atoms with E-state index in [1.807, 2.05) is 64.3 Å². The number of nitrogens with zero attached hydrogens (tertiary/aromatic N) is 3. The molecule has 2 heterocycles. The molecular formula is C19H20N4O. The zero-order valence-electron chi connectivity index (χ0n) is 13.6. The van der Waals surface area contributed by atoms with Gasteiger partial charge in [0.05, 0.1) is 11.0 Å². The summed E-state index contributed by atoms with van der Waals surface area (Å²) >= 11 is 0. The molecule has 2 aromatic carbocycles. The summed E-state index contributed by atoms with van der Waals surface area (Å²) in [7, 11) is 0. The van der Waals surface area contributed by atoms with E-state index in [0.29, 0.717) is 0 Å². The van der Waals surface area contributed by atoms with Crippen molar-refractivity contribution >= 4 is 16.9 Å². The third-order valence-corrected chi connectivity index (χ3v) is 4.61. The second-order valence-electron chi connectivity index (χ2n) is 6.20. The molecule has 1 unspecified atom stereocenters. The molecule has 0 aliphatic carbocycles. The molecule has 0 spiro atoms. The van der Waals surface area contributed by atoms with Crippen LogP contribution in [0.15, 0.2) is 54.9 Å². The maximum Gasteiger partial charge on any atom is 0.254 e. The molecule has 1 aliphatic heterocycles. The van der Waals surface area contributed by atoms with E-state index in [0.717, 1.165) is 41.9 Å². The van der Waals surface area contributed by atoms with Gasteiger partial charge in [-0.15, -0.1) is 0 Å². The summed E-state index contributed by atoms with van der Waals surface area (Å²) in [4.78, 5) is 19.1. The molecule has 5 heteroatoms. The number of para-hydroxylation sites is 2. The number of amides is 1. The van der Waals surface area contributed by atoms with Crippen LogP contribution in [-0.4, -0.2) is 46.0 Å². The van der Waals surface area contributed by atoms with Crippen molar-refractivity contribution in [3.8, 4) is 5.69 Å². The molecule has 3 aromatic rings. The fraction of sp³-hybridized carbons (Fsp3) is 0.263. The molecule has 1 saturated heterocycles. The third-order valence-electron chi connectivity index (χ3n) is 4.61. The Bertz CT molecular complexity index is 868. The first-order valence-electron chi connectivity index (χ1n) is 8.28. The van der Waals surface area contributed by atoms with Crippen LogP contribution in [0.25, 0.3) is 16.7 Å². The van der Waals surface area contributed by atoms with E-state index < -0.39 is 0 Å². The molecule has 24 heavy (non-hydrogen) atoms. The van der Waals surface area contributed by atoms with E-state index in [1.54, 1.807) is 0 Å². The largest absolute Gasteiger partial charge is 0.333 e. The summed E-state index contributed by atoms with van der Waals surface area (Å²) in [5, 5.41) is 3.31. The average Bonchev–Trinajstić information content (AvgIpc) is 3.06. The number of piperazine rings is 1. The Morgan fingerprint density at radius 3 is 2.75 bits per heavy atom. The van der Waals surface area contributed by atoms with Crippen LogP contribution < -0.4 is 5.32 Å². The molecule has 1 N–H and O–H groups in total. The molecule has 1 fully saturated rings. The zero-order chi connectivity index (χ0) is 16.5. The predicted octanol–water partition coefficient (Wildman–Crippen LogP) is 2.46. The SMILES string of the molecule is CC1CNCCN1C(=O)c1ccc(-n2cnc3ccccc32)cc1. The summed E-state index contributed by atoms with van der Waals surface area (Å²) in [6.07, 6.45) is 1.82. The lowest BCUT2D eigenvalue weighted by molar-refractivity contribution is 0.0656. The standard InChI is InChI=1S/C19H20N4O/c1-14-12-20-10-11-22(14)19(24)15-6-8-16(9-7-15)23-13-21-17-4-2-3-5-18(17)23/h2-9,13-14,20H,10-12H2,1H3. The lowest BCUT2D eigenvalue weighted by Crippen LogP contribution is -2.52. The molecule has 1 atom stereocenters. The highest BCUT2D eigenvalue weighted by Gasteiger charge is 2.23. The summed E-state index contributed by atoms with van der Waals surface area (Å²) in [6, 6.07) is 16.0. The van der Waals surface area contributed by atoms with Crippen LogP contribution in [0.2, 0.25) is 0 Å². The predicted molar refractivity (Wildman–Crippen MR) is 94.4 cm³/mol. The average molecular weight is 320 g/mol. The normalized spacial score (nSPS) is 18.0. The quantitative estimate of drug-likeness (QED) is 0.789. The highest BCUT2D eigenvalue weighted by Crippen LogP contribution is 2.19. The minimum atomic E-state index is 0.103. The lowest BCUT2D eigenvalue weighted by Gasteiger charge is -2.34. The molecular weight excluding hydrogens is 300 g/mol. The van der Waals surface area contributed by atoms with Crippen molar-refractivity contribution in [1.82, 2.24) is 19.8 Å². The minimum Gasteiger partial charge on any atom is -0.333 e. The molecule has 5 nitrogen and oxygen atoms in total. The number of carbonyl (C=O) groups is 1. The maximum atomic E-state index is 12.7. The van der Waals surface area contributed by atoms with Gasteiger partial charge in [0.1, 0.15) is 6.33 Å². The lowest BCUT2D eigenvalue weighted by atomic mass is 10.1. The molecule has 0 radical (unpaired) electrons. The van der Waals surface area contributed by atoms with Crippen LogP contribution in [0.5, 0.6) is 0 Å². The van der Waals surface area contributed by atoms with Gasteiger partial charge in [0.15, 0.2) is 0 Å². The van der Waals surface area contributed by atoms with Crippen LogP contribution in [0, 0.1) is 0 Å². The van der Waals surface area contributed by atoms with E-state index in [2.05, 4.69) is 17.2 Å². The van der Waals surface area contributed by atoms with Crippen LogP contribution >= 0.6 is 0 Å². The molecule has 122 valence electrons. The number of fused-ring (bicyclic) bond motifs is 1. The van der Waals surface area contributed by atoms with E-state index in [1.165, 1.54) is 0 Å². The zero-order valence-corrected chi connectivity index (χ0v) is 13.6. The van der Waals surface area contributed by atoms with Crippen LogP contribution in [0.3, 0.4) is 0 Å². The van der Waals surface area contributed by atoms with Crippen molar-refractivity contribution in [2.45, 2.75) is 13.0 Å². The van der Waals surface area contributed by atoms with Crippen LogP contribution in [0.4, 0.5) is 0 Å². The first kappa shape index (κ1) is 14.9. The highest BCUT2D eigenvalue weighted by atomic mass is 16.2. The van der Waals surface area contributed by atoms with Gasteiger partial charge < -0.3 is 10.2 Å². The summed E-state index contributed by atoms with van der Waals surface area (Å²) in [5.74, 6) is 0.103. The van der Waals surface area contributed by atoms with E-state index in [-0.39, 0.29) is 11.9 Å². The van der Waals surface area contributed by atoms with Crippen LogP contribution in [-0.2, 0) is 0 Å². The Morgan fingerprint density at radius 2 is 1.96 bits per heavy atom. The molecule has 1 aromatic heterocycles. The number of rotatable bonds is 2. The number of benzene rings is 2. The Hall–Kier alpha value is -2.66. The second kappa shape index (κ2) is 6.09. The van der Waals surface area contributed by atoms with Gasteiger partial charge >= 0.3 is 0 Å². The van der Waals surface area contributed by atoms with E-state index >= 15 is 0 Å². The first-order chi connectivity index (χ1) is 11.7. The number of carbonyl (C=O) groups excluding carboxylic acids is 1. The summed E-state index contributed by atoms with van der Waals surface area (Å²) in [5.41, 5.74) is 3.77. The number of nitrogens with one attached hydrogen (secondary N) is 1. The van der Waals surface area contributed by atoms with E-state index in [9.17, 15) is 4.79 Å². The fourth-order valence-electron chi connectivity index (χ4n) is 3.24. The smallest absolute Gasteiger partial charge is 0.254 e. The van der Waals surface area contributed by atoms with Gasteiger partial charge in [0.25, 0.3) is 5.91 Å². The van der Waals surface area contributed by atoms with Gasteiger partial charge in [-0.05, 0) is 43.3 Å². The van der Waals surface area contributed by atoms with E-state index in [4.69, 9.17) is 0 Å². The van der Waals surface area contributed by atoms with Crippen molar-refractivity contribution in [2.75, 3.05) is 19.6 Å². The second-order valence-corrected chi connectivity index (χ2v) is 6.20. The molecule has 1 amide bonds. The molecule has 4 rings (SSSR count). The van der Waals surface area contributed by atoms with Gasteiger partial charge in [0, 0.05) is 36.9 Å². The first-order valence-corrected chi connectivity index (χ1v) is 8.28. The Labute approximate surface area is 140 Å². The maximum absolute atomic E-state index is 12.7. The number of hydrogen-bond acceptors (Lipinski definition) is 3. The van der Waals surface area contributed by atoms with Crippen LogP contribution in [0.1, 0.15) is 17.3 Å². The number of aromatic nitrogens is 2. The van der Waals surface area contributed by atoms with Crippen molar-refractivity contribution in [3.63, 3.8) is 0 Å².